The predicted molar refractivity (Wildman–Crippen MR) is 85.9 cm³/mol. The third-order valence-electron chi connectivity index (χ3n) is 4.16. The van der Waals surface area contributed by atoms with E-state index in [1.54, 1.807) is 29.3 Å². The molecule has 2 heterocycles. The minimum absolute atomic E-state index is 0.0660. The van der Waals surface area contributed by atoms with Gasteiger partial charge in [0.05, 0.1) is 0 Å². The molecule has 23 heavy (non-hydrogen) atoms. The van der Waals surface area contributed by atoms with Crippen LogP contribution in [0.1, 0.15) is 44.2 Å². The number of rotatable bonds is 6. The standard InChI is InChI=1S/C17H22N4O2/c1-13(21-10-4-8-20-21)17(22)19-12-14-7-9-18-16(11-14)23-15-5-2-3-6-15/h4,7-11,13,15H,2-3,5-6,12H2,1H3,(H,19,22). The molecule has 0 aliphatic heterocycles. The Kier molecular flexibility index (Phi) is 4.90. The fraction of sp³-hybridized carbons (Fsp3) is 0.471. The van der Waals surface area contributed by atoms with Crippen molar-refractivity contribution >= 4 is 5.91 Å². The number of aromatic nitrogens is 3. The number of nitrogens with zero attached hydrogens (tertiary/aromatic N) is 3. The van der Waals surface area contributed by atoms with Crippen LogP contribution < -0.4 is 10.1 Å². The van der Waals surface area contributed by atoms with E-state index < -0.39 is 0 Å². The molecule has 3 rings (SSSR count). The van der Waals surface area contributed by atoms with Gasteiger partial charge in [-0.25, -0.2) is 4.98 Å². The second-order valence-electron chi connectivity index (χ2n) is 5.91. The highest BCUT2D eigenvalue weighted by Crippen LogP contribution is 2.23. The monoisotopic (exact) mass is 314 g/mol. The van der Waals surface area contributed by atoms with Gasteiger partial charge < -0.3 is 10.1 Å². The zero-order valence-corrected chi connectivity index (χ0v) is 13.3. The van der Waals surface area contributed by atoms with Crippen LogP contribution in [0.3, 0.4) is 0 Å². The van der Waals surface area contributed by atoms with E-state index in [0.29, 0.717) is 12.4 Å². The molecule has 1 amide bonds. The summed E-state index contributed by atoms with van der Waals surface area (Å²) in [7, 11) is 0. The van der Waals surface area contributed by atoms with E-state index in [1.807, 2.05) is 19.1 Å². The molecule has 6 heteroatoms. The molecule has 0 spiro atoms. The fourth-order valence-electron chi connectivity index (χ4n) is 2.77. The molecule has 6 nitrogen and oxygen atoms in total. The molecule has 0 radical (unpaired) electrons. The van der Waals surface area contributed by atoms with Crippen molar-refractivity contribution in [2.45, 2.75) is 51.3 Å². The van der Waals surface area contributed by atoms with Crippen LogP contribution in [0.5, 0.6) is 5.88 Å². The number of carbonyl (C=O) groups excluding carboxylic acids is 1. The Labute approximate surface area is 135 Å². The van der Waals surface area contributed by atoms with E-state index in [1.165, 1.54) is 12.8 Å². The summed E-state index contributed by atoms with van der Waals surface area (Å²) in [5, 5.41) is 7.01. The summed E-state index contributed by atoms with van der Waals surface area (Å²) in [5.41, 5.74) is 0.981. The summed E-state index contributed by atoms with van der Waals surface area (Å²) in [6.07, 6.45) is 10.1. The quantitative estimate of drug-likeness (QED) is 0.889. The summed E-state index contributed by atoms with van der Waals surface area (Å²) < 4.78 is 7.53. The molecular weight excluding hydrogens is 292 g/mol. The van der Waals surface area contributed by atoms with Crippen LogP contribution in [0.4, 0.5) is 0 Å². The Morgan fingerprint density at radius 2 is 2.26 bits per heavy atom. The molecule has 0 bridgehead atoms. The molecule has 1 atom stereocenters. The van der Waals surface area contributed by atoms with Gasteiger partial charge in [0.2, 0.25) is 11.8 Å². The molecular formula is C17H22N4O2. The average Bonchev–Trinajstić information content (AvgIpc) is 3.25. The number of amides is 1. The van der Waals surface area contributed by atoms with Gasteiger partial charge in [-0.1, -0.05) is 0 Å². The van der Waals surface area contributed by atoms with Crippen molar-refractivity contribution in [1.82, 2.24) is 20.1 Å². The van der Waals surface area contributed by atoms with Crippen molar-refractivity contribution in [3.8, 4) is 5.88 Å². The number of pyridine rings is 1. The first-order valence-corrected chi connectivity index (χ1v) is 8.11. The van der Waals surface area contributed by atoms with Gasteiger partial charge in [-0.05, 0) is 50.3 Å². The van der Waals surface area contributed by atoms with Crippen molar-refractivity contribution in [3.63, 3.8) is 0 Å². The molecule has 0 saturated heterocycles. The molecule has 1 aliphatic rings. The summed E-state index contributed by atoms with van der Waals surface area (Å²) in [6.45, 7) is 2.28. The highest BCUT2D eigenvalue weighted by Gasteiger charge is 2.17. The lowest BCUT2D eigenvalue weighted by Crippen LogP contribution is -2.30. The van der Waals surface area contributed by atoms with Crippen LogP contribution in [0.15, 0.2) is 36.8 Å². The Bertz CT molecular complexity index is 636. The maximum atomic E-state index is 12.2. The summed E-state index contributed by atoms with van der Waals surface area (Å²) in [5.74, 6) is 0.576. The molecule has 1 N–H and O–H groups in total. The minimum Gasteiger partial charge on any atom is -0.474 e. The molecule has 122 valence electrons. The van der Waals surface area contributed by atoms with Crippen molar-refractivity contribution < 1.29 is 9.53 Å². The van der Waals surface area contributed by atoms with Gasteiger partial charge in [0, 0.05) is 31.2 Å². The van der Waals surface area contributed by atoms with E-state index in [0.717, 1.165) is 18.4 Å². The maximum absolute atomic E-state index is 12.2. The Hall–Kier alpha value is -2.37. The predicted octanol–water partition coefficient (Wildman–Crippen LogP) is 2.48. The third-order valence-corrected chi connectivity index (χ3v) is 4.16. The Morgan fingerprint density at radius 3 is 3.00 bits per heavy atom. The molecule has 0 aromatic carbocycles. The van der Waals surface area contributed by atoms with Crippen molar-refractivity contribution in [2.24, 2.45) is 0 Å². The van der Waals surface area contributed by atoms with E-state index in [9.17, 15) is 4.79 Å². The highest BCUT2D eigenvalue weighted by atomic mass is 16.5. The number of carbonyl (C=O) groups is 1. The largest absolute Gasteiger partial charge is 0.474 e. The van der Waals surface area contributed by atoms with Crippen LogP contribution in [0.2, 0.25) is 0 Å². The normalized spacial score (nSPS) is 16.2. The molecule has 2 aromatic rings. The number of hydrogen-bond donors (Lipinski definition) is 1. The van der Waals surface area contributed by atoms with Crippen LogP contribution in [0, 0.1) is 0 Å². The van der Waals surface area contributed by atoms with Crippen molar-refractivity contribution in [1.29, 1.82) is 0 Å². The van der Waals surface area contributed by atoms with Gasteiger partial charge in [-0.15, -0.1) is 0 Å². The topological polar surface area (TPSA) is 69.0 Å². The first-order chi connectivity index (χ1) is 11.2. The van der Waals surface area contributed by atoms with Gasteiger partial charge in [0.25, 0.3) is 0 Å². The Balaban J connectivity index is 1.54. The molecule has 1 unspecified atom stereocenters. The maximum Gasteiger partial charge on any atom is 0.244 e. The van der Waals surface area contributed by atoms with Gasteiger partial charge in [0.15, 0.2) is 0 Å². The van der Waals surface area contributed by atoms with Gasteiger partial charge in [0.1, 0.15) is 12.1 Å². The first kappa shape index (κ1) is 15.5. The zero-order chi connectivity index (χ0) is 16.1. The lowest BCUT2D eigenvalue weighted by Gasteiger charge is -2.14. The number of hydrogen-bond acceptors (Lipinski definition) is 4. The summed E-state index contributed by atoms with van der Waals surface area (Å²) >= 11 is 0. The van der Waals surface area contributed by atoms with Crippen molar-refractivity contribution in [2.75, 3.05) is 0 Å². The van der Waals surface area contributed by atoms with Crippen LogP contribution in [-0.2, 0) is 11.3 Å². The van der Waals surface area contributed by atoms with Gasteiger partial charge in [-0.2, -0.15) is 5.10 Å². The lowest BCUT2D eigenvalue weighted by atomic mass is 10.2. The van der Waals surface area contributed by atoms with Gasteiger partial charge >= 0.3 is 0 Å². The van der Waals surface area contributed by atoms with E-state index in [-0.39, 0.29) is 18.1 Å². The average molecular weight is 314 g/mol. The SMILES string of the molecule is CC(C(=O)NCc1ccnc(OC2CCCC2)c1)n1cccn1. The van der Waals surface area contributed by atoms with Crippen LogP contribution in [-0.4, -0.2) is 26.8 Å². The number of ether oxygens (including phenoxy) is 1. The van der Waals surface area contributed by atoms with E-state index in [2.05, 4.69) is 15.4 Å². The van der Waals surface area contributed by atoms with Crippen LogP contribution in [0.25, 0.3) is 0 Å². The lowest BCUT2D eigenvalue weighted by molar-refractivity contribution is -0.124. The smallest absolute Gasteiger partial charge is 0.244 e. The van der Waals surface area contributed by atoms with Gasteiger partial charge in [-0.3, -0.25) is 9.48 Å². The van der Waals surface area contributed by atoms with E-state index in [4.69, 9.17) is 4.74 Å². The first-order valence-electron chi connectivity index (χ1n) is 8.11. The Morgan fingerprint density at radius 1 is 1.43 bits per heavy atom. The minimum atomic E-state index is -0.332. The van der Waals surface area contributed by atoms with E-state index >= 15 is 0 Å². The molecule has 2 aromatic heterocycles. The highest BCUT2D eigenvalue weighted by molar-refractivity contribution is 5.79. The second kappa shape index (κ2) is 7.26. The summed E-state index contributed by atoms with van der Waals surface area (Å²) in [4.78, 5) is 16.4. The fourth-order valence-corrected chi connectivity index (χ4v) is 2.77. The number of nitrogens with one attached hydrogen (secondary N) is 1. The van der Waals surface area contributed by atoms with Crippen LogP contribution >= 0.6 is 0 Å². The second-order valence-corrected chi connectivity index (χ2v) is 5.91. The molecule has 1 fully saturated rings. The van der Waals surface area contributed by atoms with Crippen molar-refractivity contribution in [3.05, 3.63) is 42.4 Å². The third kappa shape index (κ3) is 4.09. The summed E-state index contributed by atoms with van der Waals surface area (Å²) in [6, 6.07) is 5.26. The molecule has 1 aliphatic carbocycles. The molecule has 1 saturated carbocycles. The zero-order valence-electron chi connectivity index (χ0n) is 13.3.